The van der Waals surface area contributed by atoms with Crippen LogP contribution in [0, 0.1) is 5.82 Å². The van der Waals surface area contributed by atoms with E-state index in [0.717, 1.165) is 30.9 Å². The molecule has 0 radical (unpaired) electrons. The Bertz CT molecular complexity index is 831. The SMILES string of the molecule is Nc1cc(F)ccc1C(=O)OCC(=O)Nc1ccc(N2CCCCCC2)cc1. The lowest BCUT2D eigenvalue weighted by atomic mass is 10.2. The number of carbonyl (C=O) groups excluding carboxylic acids is 2. The quantitative estimate of drug-likeness (QED) is 0.607. The highest BCUT2D eigenvalue weighted by atomic mass is 19.1. The zero-order valence-electron chi connectivity index (χ0n) is 15.6. The first kappa shape index (κ1) is 19.7. The topological polar surface area (TPSA) is 84.7 Å². The normalized spacial score (nSPS) is 14.2. The van der Waals surface area contributed by atoms with Crippen LogP contribution in [0.3, 0.4) is 0 Å². The van der Waals surface area contributed by atoms with Crippen LogP contribution in [0.15, 0.2) is 42.5 Å². The van der Waals surface area contributed by atoms with Crippen LogP contribution in [0.2, 0.25) is 0 Å². The van der Waals surface area contributed by atoms with E-state index >= 15 is 0 Å². The van der Waals surface area contributed by atoms with E-state index in [0.29, 0.717) is 5.69 Å². The van der Waals surface area contributed by atoms with Crippen molar-refractivity contribution in [2.45, 2.75) is 25.7 Å². The monoisotopic (exact) mass is 385 g/mol. The maximum Gasteiger partial charge on any atom is 0.340 e. The van der Waals surface area contributed by atoms with Gasteiger partial charge in [0, 0.05) is 30.2 Å². The van der Waals surface area contributed by atoms with Crippen molar-refractivity contribution >= 4 is 28.9 Å². The summed E-state index contributed by atoms with van der Waals surface area (Å²) in [5, 5.41) is 2.69. The number of anilines is 3. The molecular formula is C21H24FN3O3. The molecule has 3 N–H and O–H groups in total. The fourth-order valence-electron chi connectivity index (χ4n) is 3.21. The summed E-state index contributed by atoms with van der Waals surface area (Å²) in [5.41, 5.74) is 7.35. The van der Waals surface area contributed by atoms with Crippen LogP contribution in [-0.2, 0) is 9.53 Å². The van der Waals surface area contributed by atoms with Crippen molar-refractivity contribution in [1.82, 2.24) is 0 Å². The first-order valence-corrected chi connectivity index (χ1v) is 9.40. The molecule has 2 aromatic rings. The predicted octanol–water partition coefficient (Wildman–Crippen LogP) is 3.58. The number of benzene rings is 2. The van der Waals surface area contributed by atoms with Gasteiger partial charge in [0.15, 0.2) is 6.61 Å². The van der Waals surface area contributed by atoms with Crippen LogP contribution >= 0.6 is 0 Å². The number of amides is 1. The molecule has 148 valence electrons. The van der Waals surface area contributed by atoms with Gasteiger partial charge < -0.3 is 20.7 Å². The van der Waals surface area contributed by atoms with E-state index in [-0.39, 0.29) is 11.3 Å². The van der Waals surface area contributed by atoms with E-state index in [1.54, 1.807) is 0 Å². The summed E-state index contributed by atoms with van der Waals surface area (Å²) in [7, 11) is 0. The second-order valence-electron chi connectivity index (χ2n) is 6.80. The average molecular weight is 385 g/mol. The summed E-state index contributed by atoms with van der Waals surface area (Å²) in [5.74, 6) is -1.78. The molecule has 1 saturated heterocycles. The van der Waals surface area contributed by atoms with Crippen molar-refractivity contribution in [2.75, 3.05) is 35.6 Å². The van der Waals surface area contributed by atoms with Gasteiger partial charge in [0.05, 0.1) is 5.56 Å². The van der Waals surface area contributed by atoms with Crippen molar-refractivity contribution in [2.24, 2.45) is 0 Å². The molecule has 0 atom stereocenters. The van der Waals surface area contributed by atoms with Crippen molar-refractivity contribution in [3.05, 3.63) is 53.8 Å². The van der Waals surface area contributed by atoms with Gasteiger partial charge in [0.1, 0.15) is 5.82 Å². The minimum Gasteiger partial charge on any atom is -0.452 e. The van der Waals surface area contributed by atoms with E-state index in [2.05, 4.69) is 10.2 Å². The maximum absolute atomic E-state index is 13.0. The van der Waals surface area contributed by atoms with Gasteiger partial charge >= 0.3 is 5.97 Å². The van der Waals surface area contributed by atoms with E-state index in [9.17, 15) is 14.0 Å². The van der Waals surface area contributed by atoms with E-state index in [1.165, 1.54) is 31.7 Å². The molecule has 0 unspecified atom stereocenters. The molecule has 0 spiro atoms. The molecule has 1 fully saturated rings. The Morgan fingerprint density at radius 2 is 1.71 bits per heavy atom. The first-order chi connectivity index (χ1) is 13.5. The van der Waals surface area contributed by atoms with E-state index < -0.39 is 24.3 Å². The number of esters is 1. The van der Waals surface area contributed by atoms with Crippen LogP contribution < -0.4 is 16.0 Å². The standard InChI is InChI=1S/C21H24FN3O3/c22-15-5-10-18(19(23)13-15)21(27)28-14-20(26)24-16-6-8-17(9-7-16)25-11-3-1-2-4-12-25/h5-10,13H,1-4,11-12,14,23H2,(H,24,26). The summed E-state index contributed by atoms with van der Waals surface area (Å²) in [6.45, 7) is 1.64. The lowest BCUT2D eigenvalue weighted by Gasteiger charge is -2.22. The molecule has 1 amide bonds. The van der Waals surface area contributed by atoms with Crippen LogP contribution in [0.25, 0.3) is 0 Å². The lowest BCUT2D eigenvalue weighted by Crippen LogP contribution is -2.24. The number of hydrogen-bond donors (Lipinski definition) is 2. The molecule has 28 heavy (non-hydrogen) atoms. The van der Waals surface area contributed by atoms with Crippen molar-refractivity contribution in [1.29, 1.82) is 0 Å². The van der Waals surface area contributed by atoms with Crippen molar-refractivity contribution in [3.63, 3.8) is 0 Å². The molecule has 6 nitrogen and oxygen atoms in total. The van der Waals surface area contributed by atoms with E-state index in [1.807, 2.05) is 24.3 Å². The summed E-state index contributed by atoms with van der Waals surface area (Å²) < 4.78 is 18.0. The number of hydrogen-bond acceptors (Lipinski definition) is 5. The number of halogens is 1. The van der Waals surface area contributed by atoms with Gasteiger partial charge in [0.25, 0.3) is 5.91 Å². The number of nitrogens with zero attached hydrogens (tertiary/aromatic N) is 1. The second-order valence-corrected chi connectivity index (χ2v) is 6.80. The zero-order chi connectivity index (χ0) is 19.9. The minimum atomic E-state index is -0.774. The van der Waals surface area contributed by atoms with Gasteiger partial charge in [-0.3, -0.25) is 4.79 Å². The minimum absolute atomic E-state index is 0.0241. The Balaban J connectivity index is 1.51. The third-order valence-electron chi connectivity index (χ3n) is 4.69. The molecule has 2 aromatic carbocycles. The molecule has 0 bridgehead atoms. The largest absolute Gasteiger partial charge is 0.452 e. The molecule has 1 heterocycles. The fraction of sp³-hybridized carbons (Fsp3) is 0.333. The number of nitrogen functional groups attached to an aromatic ring is 1. The average Bonchev–Trinajstić information content (AvgIpc) is 2.96. The highest BCUT2D eigenvalue weighted by Crippen LogP contribution is 2.21. The van der Waals surface area contributed by atoms with Gasteiger partial charge in [-0.1, -0.05) is 12.8 Å². The van der Waals surface area contributed by atoms with Crippen LogP contribution in [0.4, 0.5) is 21.5 Å². The molecule has 0 aromatic heterocycles. The van der Waals surface area contributed by atoms with Gasteiger partial charge in [-0.15, -0.1) is 0 Å². The molecule has 1 aliphatic heterocycles. The molecule has 0 aliphatic carbocycles. The summed E-state index contributed by atoms with van der Waals surface area (Å²) in [6, 6.07) is 11.0. The molecule has 1 aliphatic rings. The van der Waals surface area contributed by atoms with Crippen molar-refractivity contribution < 1.29 is 18.7 Å². The summed E-state index contributed by atoms with van der Waals surface area (Å²) in [6.07, 6.45) is 4.94. The van der Waals surface area contributed by atoms with Gasteiger partial charge in [-0.25, -0.2) is 9.18 Å². The zero-order valence-corrected chi connectivity index (χ0v) is 15.6. The number of nitrogens with one attached hydrogen (secondary N) is 1. The third kappa shape index (κ3) is 5.22. The Morgan fingerprint density at radius 3 is 2.36 bits per heavy atom. The third-order valence-corrected chi connectivity index (χ3v) is 4.69. The fourth-order valence-corrected chi connectivity index (χ4v) is 3.21. The molecule has 7 heteroatoms. The van der Waals surface area contributed by atoms with Crippen LogP contribution in [0.1, 0.15) is 36.0 Å². The van der Waals surface area contributed by atoms with E-state index in [4.69, 9.17) is 10.5 Å². The predicted molar refractivity (Wildman–Crippen MR) is 107 cm³/mol. The number of nitrogens with two attached hydrogens (primary N) is 1. The van der Waals surface area contributed by atoms with Gasteiger partial charge in [-0.2, -0.15) is 0 Å². The number of ether oxygens (including phenoxy) is 1. The Hall–Kier alpha value is -3.09. The van der Waals surface area contributed by atoms with Crippen molar-refractivity contribution in [3.8, 4) is 0 Å². The lowest BCUT2D eigenvalue weighted by molar-refractivity contribution is -0.119. The Kier molecular flexibility index (Phi) is 6.47. The second kappa shape index (κ2) is 9.21. The highest BCUT2D eigenvalue weighted by Gasteiger charge is 2.14. The molecule has 0 saturated carbocycles. The Morgan fingerprint density at radius 1 is 1.04 bits per heavy atom. The maximum atomic E-state index is 13.0. The van der Waals surface area contributed by atoms with Crippen LogP contribution in [-0.4, -0.2) is 31.6 Å². The smallest absolute Gasteiger partial charge is 0.340 e. The van der Waals surface area contributed by atoms with Gasteiger partial charge in [-0.05, 0) is 55.3 Å². The summed E-state index contributed by atoms with van der Waals surface area (Å²) >= 11 is 0. The number of rotatable bonds is 5. The first-order valence-electron chi connectivity index (χ1n) is 9.40. The molecular weight excluding hydrogens is 361 g/mol. The summed E-state index contributed by atoms with van der Waals surface area (Å²) in [4.78, 5) is 26.4. The van der Waals surface area contributed by atoms with Crippen LogP contribution in [0.5, 0.6) is 0 Å². The molecule has 3 rings (SSSR count). The number of carbonyl (C=O) groups is 2. The Labute approximate surface area is 163 Å². The van der Waals surface area contributed by atoms with Gasteiger partial charge in [0.2, 0.25) is 0 Å². The highest BCUT2D eigenvalue weighted by molar-refractivity contribution is 5.98.